The molecule has 0 atom stereocenters. The Labute approximate surface area is 187 Å². The van der Waals surface area contributed by atoms with Gasteiger partial charge in [0.15, 0.2) is 11.6 Å². The number of carbonyl (C=O) groups is 2. The lowest BCUT2D eigenvalue weighted by Crippen LogP contribution is -2.31. The van der Waals surface area contributed by atoms with E-state index in [2.05, 4.69) is 5.32 Å². The highest BCUT2D eigenvalue weighted by Gasteiger charge is 2.37. The smallest absolute Gasteiger partial charge is 0.191 e. The van der Waals surface area contributed by atoms with E-state index in [9.17, 15) is 9.59 Å². The fourth-order valence-corrected chi connectivity index (χ4v) is 4.35. The minimum absolute atomic E-state index is 0.124. The Morgan fingerprint density at radius 1 is 0.677 bits per heavy atom. The second-order valence-corrected chi connectivity index (χ2v) is 7.95. The second-order valence-electron chi connectivity index (χ2n) is 7.55. The zero-order chi connectivity index (χ0) is 22.0. The van der Waals surface area contributed by atoms with Crippen molar-refractivity contribution in [3.8, 4) is 0 Å². The Balaban J connectivity index is 1.92. The predicted octanol–water partition coefficient (Wildman–Crippen LogP) is 6.34. The van der Waals surface area contributed by atoms with Crippen LogP contribution in [0.2, 0.25) is 5.02 Å². The number of hydrogen-bond donors (Lipinski definition) is 1. The van der Waals surface area contributed by atoms with E-state index in [1.807, 2.05) is 68.4 Å². The number of halogens is 1. The molecule has 3 aromatic carbocycles. The van der Waals surface area contributed by atoms with E-state index >= 15 is 0 Å². The topological polar surface area (TPSA) is 46.2 Å². The molecule has 0 saturated heterocycles. The van der Waals surface area contributed by atoms with Crippen molar-refractivity contribution in [1.29, 1.82) is 0 Å². The summed E-state index contributed by atoms with van der Waals surface area (Å²) in [5.74, 6) is -0.821. The maximum absolute atomic E-state index is 13.6. The van der Waals surface area contributed by atoms with Crippen molar-refractivity contribution < 1.29 is 9.59 Å². The van der Waals surface area contributed by atoms with Crippen LogP contribution >= 0.6 is 11.6 Å². The fourth-order valence-electron chi connectivity index (χ4n) is 4.11. The molecule has 0 spiro atoms. The maximum atomic E-state index is 13.6. The molecule has 0 fully saturated rings. The van der Waals surface area contributed by atoms with Gasteiger partial charge in [0.2, 0.25) is 0 Å². The Bertz CT molecular complexity index is 1140. The highest BCUT2D eigenvalue weighted by molar-refractivity contribution is 6.31. The average Bonchev–Trinajstić information content (AvgIpc) is 2.79. The number of ketones is 2. The molecule has 1 aliphatic rings. The molecular formula is C27H22ClNO2. The van der Waals surface area contributed by atoms with Gasteiger partial charge in [0.25, 0.3) is 0 Å². The van der Waals surface area contributed by atoms with E-state index in [4.69, 9.17) is 11.6 Å². The lowest BCUT2D eigenvalue weighted by atomic mass is 9.75. The Hall–Kier alpha value is -3.43. The molecule has 3 nitrogen and oxygen atoms in total. The number of Topliss-reactive ketones (excluding diaryl/α,β-unsaturated/α-hetero) is 2. The van der Waals surface area contributed by atoms with E-state index in [0.29, 0.717) is 27.3 Å². The van der Waals surface area contributed by atoms with Gasteiger partial charge in [-0.2, -0.15) is 0 Å². The van der Waals surface area contributed by atoms with Gasteiger partial charge in [0.05, 0.1) is 0 Å². The monoisotopic (exact) mass is 427 g/mol. The number of hydrogen-bond acceptors (Lipinski definition) is 3. The SMILES string of the molecule is CC1=C(C(=O)c2ccccc2)C(c2ccccc2Cl)C(C(=O)c2ccccc2)=C(C)N1. The maximum Gasteiger partial charge on any atom is 0.191 e. The molecule has 0 aromatic heterocycles. The highest BCUT2D eigenvalue weighted by Crippen LogP contribution is 2.43. The lowest BCUT2D eigenvalue weighted by molar-refractivity contribution is 0.101. The van der Waals surface area contributed by atoms with Crippen LogP contribution in [0.5, 0.6) is 0 Å². The normalized spacial score (nSPS) is 14.4. The van der Waals surface area contributed by atoms with Gasteiger partial charge in [0, 0.05) is 44.6 Å². The molecule has 3 aromatic rings. The summed E-state index contributed by atoms with van der Waals surface area (Å²) >= 11 is 6.60. The summed E-state index contributed by atoms with van der Waals surface area (Å²) < 4.78 is 0. The largest absolute Gasteiger partial charge is 0.362 e. The average molecular weight is 428 g/mol. The number of allylic oxidation sites excluding steroid dienone is 4. The van der Waals surface area contributed by atoms with Crippen LogP contribution in [0.15, 0.2) is 107 Å². The summed E-state index contributed by atoms with van der Waals surface area (Å²) in [6.07, 6.45) is 0. The predicted molar refractivity (Wildman–Crippen MR) is 124 cm³/mol. The minimum Gasteiger partial charge on any atom is -0.362 e. The molecular weight excluding hydrogens is 406 g/mol. The van der Waals surface area contributed by atoms with Crippen molar-refractivity contribution in [2.75, 3.05) is 0 Å². The molecule has 1 N–H and O–H groups in total. The van der Waals surface area contributed by atoms with Crippen LogP contribution in [0.3, 0.4) is 0 Å². The van der Waals surface area contributed by atoms with Gasteiger partial charge < -0.3 is 5.32 Å². The van der Waals surface area contributed by atoms with Crippen molar-refractivity contribution in [1.82, 2.24) is 5.32 Å². The molecule has 1 heterocycles. The fraction of sp³-hybridized carbons (Fsp3) is 0.111. The first-order valence-corrected chi connectivity index (χ1v) is 10.5. The first-order chi connectivity index (χ1) is 15.0. The zero-order valence-electron chi connectivity index (χ0n) is 17.4. The standard InChI is InChI=1S/C27H22ClNO2/c1-17-23(26(30)19-11-5-3-6-12-19)25(21-15-9-10-16-22(21)28)24(18(2)29-17)27(31)20-13-7-4-8-14-20/h3-16,25,29H,1-2H3. The van der Waals surface area contributed by atoms with E-state index in [0.717, 1.165) is 17.0 Å². The van der Waals surface area contributed by atoms with Gasteiger partial charge in [-0.25, -0.2) is 0 Å². The number of dihydropyridines is 1. The third kappa shape index (κ3) is 3.97. The summed E-state index contributed by atoms with van der Waals surface area (Å²) in [6, 6.07) is 25.6. The number of rotatable bonds is 5. The summed E-state index contributed by atoms with van der Waals surface area (Å²) in [4.78, 5) is 27.3. The Morgan fingerprint density at radius 3 is 1.55 bits per heavy atom. The minimum atomic E-state index is -0.574. The molecule has 0 saturated carbocycles. The summed E-state index contributed by atoms with van der Waals surface area (Å²) in [7, 11) is 0. The van der Waals surface area contributed by atoms with Crippen LogP contribution in [-0.4, -0.2) is 11.6 Å². The Morgan fingerprint density at radius 2 is 1.10 bits per heavy atom. The first-order valence-electron chi connectivity index (χ1n) is 10.1. The Kier molecular flexibility index (Phi) is 5.88. The van der Waals surface area contributed by atoms with Crippen LogP contribution in [-0.2, 0) is 0 Å². The number of benzene rings is 3. The second kappa shape index (κ2) is 8.75. The van der Waals surface area contributed by atoms with E-state index in [1.54, 1.807) is 30.3 Å². The van der Waals surface area contributed by atoms with E-state index in [1.165, 1.54) is 0 Å². The molecule has 4 rings (SSSR count). The number of nitrogens with one attached hydrogen (secondary N) is 1. The van der Waals surface area contributed by atoms with Gasteiger partial charge >= 0.3 is 0 Å². The quantitative estimate of drug-likeness (QED) is 0.483. The molecule has 4 heteroatoms. The molecule has 31 heavy (non-hydrogen) atoms. The van der Waals surface area contributed by atoms with Crippen LogP contribution in [0.1, 0.15) is 46.0 Å². The van der Waals surface area contributed by atoms with E-state index < -0.39 is 5.92 Å². The summed E-state index contributed by atoms with van der Waals surface area (Å²) in [5, 5.41) is 3.79. The first kappa shape index (κ1) is 20.8. The molecule has 1 aliphatic heterocycles. The molecule has 0 amide bonds. The van der Waals surface area contributed by atoms with Gasteiger partial charge in [-0.1, -0.05) is 90.5 Å². The van der Waals surface area contributed by atoms with E-state index in [-0.39, 0.29) is 11.6 Å². The van der Waals surface area contributed by atoms with Crippen molar-refractivity contribution in [3.63, 3.8) is 0 Å². The lowest BCUT2D eigenvalue weighted by Gasteiger charge is -2.32. The van der Waals surface area contributed by atoms with Crippen LogP contribution in [0.25, 0.3) is 0 Å². The van der Waals surface area contributed by atoms with Crippen LogP contribution in [0, 0.1) is 0 Å². The third-order valence-electron chi connectivity index (χ3n) is 5.54. The van der Waals surface area contributed by atoms with Gasteiger partial charge in [0.1, 0.15) is 0 Å². The van der Waals surface area contributed by atoms with Crippen LogP contribution in [0.4, 0.5) is 0 Å². The third-order valence-corrected chi connectivity index (χ3v) is 5.88. The summed E-state index contributed by atoms with van der Waals surface area (Å²) in [5.41, 5.74) is 4.39. The van der Waals surface area contributed by atoms with Crippen molar-refractivity contribution in [2.45, 2.75) is 19.8 Å². The highest BCUT2D eigenvalue weighted by atomic mass is 35.5. The van der Waals surface area contributed by atoms with Gasteiger partial charge in [-0.05, 0) is 25.5 Å². The van der Waals surface area contributed by atoms with Gasteiger partial charge in [-0.3, -0.25) is 9.59 Å². The summed E-state index contributed by atoms with van der Waals surface area (Å²) in [6.45, 7) is 3.74. The van der Waals surface area contributed by atoms with Crippen molar-refractivity contribution in [3.05, 3.63) is 129 Å². The van der Waals surface area contributed by atoms with Gasteiger partial charge in [-0.15, -0.1) is 0 Å². The molecule has 0 radical (unpaired) electrons. The molecule has 0 bridgehead atoms. The number of carbonyl (C=O) groups excluding carboxylic acids is 2. The van der Waals surface area contributed by atoms with Crippen molar-refractivity contribution in [2.24, 2.45) is 0 Å². The van der Waals surface area contributed by atoms with Crippen LogP contribution < -0.4 is 5.32 Å². The molecule has 154 valence electrons. The van der Waals surface area contributed by atoms with Crippen molar-refractivity contribution >= 4 is 23.2 Å². The molecule has 0 aliphatic carbocycles. The molecule has 0 unspecified atom stereocenters. The zero-order valence-corrected chi connectivity index (χ0v) is 18.1.